The first-order valence-electron chi connectivity index (χ1n) is 9.98. The third kappa shape index (κ3) is 4.53. The molecule has 0 saturated carbocycles. The number of carbonyl (C=O) groups is 1. The number of likely N-dealkylation sites (tertiary alicyclic amines) is 1. The van der Waals surface area contributed by atoms with Gasteiger partial charge in [0.25, 0.3) is 0 Å². The molecule has 3 aromatic rings. The second kappa shape index (κ2) is 8.44. The van der Waals surface area contributed by atoms with Crippen molar-refractivity contribution < 1.29 is 4.79 Å². The molecule has 8 heteroatoms. The van der Waals surface area contributed by atoms with Gasteiger partial charge in [-0.1, -0.05) is 6.07 Å². The van der Waals surface area contributed by atoms with Crippen molar-refractivity contribution in [3.05, 3.63) is 65.5 Å². The molecule has 1 amide bonds. The van der Waals surface area contributed by atoms with Gasteiger partial charge < -0.3 is 10.2 Å². The lowest BCUT2D eigenvalue weighted by Crippen LogP contribution is -2.26. The predicted octanol–water partition coefficient (Wildman–Crippen LogP) is 2.99. The van der Waals surface area contributed by atoms with Crippen LogP contribution in [0.4, 0.5) is 11.6 Å². The van der Waals surface area contributed by atoms with Gasteiger partial charge in [-0.3, -0.25) is 9.48 Å². The fraction of sp³-hybridized carbons (Fsp3) is 0.318. The summed E-state index contributed by atoms with van der Waals surface area (Å²) in [4.78, 5) is 27.9. The third-order valence-corrected chi connectivity index (χ3v) is 5.18. The van der Waals surface area contributed by atoms with E-state index >= 15 is 0 Å². The molecule has 0 aliphatic carbocycles. The Balaban J connectivity index is 1.44. The Labute approximate surface area is 175 Å². The van der Waals surface area contributed by atoms with Gasteiger partial charge in [-0.15, -0.1) is 0 Å². The van der Waals surface area contributed by atoms with Gasteiger partial charge >= 0.3 is 0 Å². The molecule has 1 atom stereocenters. The highest BCUT2D eigenvalue weighted by atomic mass is 16.2. The average Bonchev–Trinajstić information content (AvgIpc) is 3.37. The van der Waals surface area contributed by atoms with Gasteiger partial charge in [0.2, 0.25) is 5.91 Å². The fourth-order valence-corrected chi connectivity index (χ4v) is 3.60. The Kier molecular flexibility index (Phi) is 5.56. The zero-order valence-corrected chi connectivity index (χ0v) is 17.4. The molecule has 1 N–H and O–H groups in total. The summed E-state index contributed by atoms with van der Waals surface area (Å²) in [5.41, 5.74) is 2.91. The number of pyridine rings is 1. The SMILES string of the molecule is Cc1nc(Nc2ncccc2C)cc(C2CCN(C(=O)C=Cc3cnn(C)c3)C2)n1. The van der Waals surface area contributed by atoms with Crippen molar-refractivity contribution in [1.29, 1.82) is 0 Å². The summed E-state index contributed by atoms with van der Waals surface area (Å²) in [6, 6.07) is 5.87. The highest BCUT2D eigenvalue weighted by molar-refractivity contribution is 5.92. The smallest absolute Gasteiger partial charge is 0.246 e. The van der Waals surface area contributed by atoms with Gasteiger partial charge in [0, 0.05) is 56.2 Å². The summed E-state index contributed by atoms with van der Waals surface area (Å²) in [7, 11) is 1.85. The number of aryl methyl sites for hydroxylation is 3. The van der Waals surface area contributed by atoms with Crippen LogP contribution in [0.15, 0.2) is 42.9 Å². The lowest BCUT2D eigenvalue weighted by Gasteiger charge is -2.15. The Morgan fingerprint density at radius 2 is 2.17 bits per heavy atom. The Morgan fingerprint density at radius 1 is 1.30 bits per heavy atom. The van der Waals surface area contributed by atoms with Gasteiger partial charge in [-0.05, 0) is 38.0 Å². The number of carbonyl (C=O) groups excluding carboxylic acids is 1. The Bertz CT molecular complexity index is 1090. The van der Waals surface area contributed by atoms with Gasteiger partial charge in [-0.25, -0.2) is 15.0 Å². The topological polar surface area (TPSA) is 88.8 Å². The Hall–Kier alpha value is -3.55. The molecule has 0 spiro atoms. The molecule has 30 heavy (non-hydrogen) atoms. The van der Waals surface area contributed by atoms with Crippen LogP contribution >= 0.6 is 0 Å². The van der Waals surface area contributed by atoms with Crippen LogP contribution in [0.5, 0.6) is 0 Å². The third-order valence-electron chi connectivity index (χ3n) is 5.18. The van der Waals surface area contributed by atoms with Crippen LogP contribution in [0.3, 0.4) is 0 Å². The van der Waals surface area contributed by atoms with E-state index in [0.717, 1.165) is 34.9 Å². The summed E-state index contributed by atoms with van der Waals surface area (Å²) in [6.45, 7) is 5.25. The molecule has 8 nitrogen and oxygen atoms in total. The standard InChI is InChI=1S/C22H25N7O/c1-15-5-4-9-23-22(15)27-20-11-19(25-16(2)26-20)18-8-10-29(14-18)21(30)7-6-17-12-24-28(3)13-17/h4-7,9,11-13,18H,8,10,14H2,1-3H3,(H,23,25,26,27). The number of nitrogens with zero attached hydrogens (tertiary/aromatic N) is 6. The summed E-state index contributed by atoms with van der Waals surface area (Å²) in [5, 5.41) is 7.40. The zero-order chi connectivity index (χ0) is 21.1. The van der Waals surface area contributed by atoms with Gasteiger partial charge in [0.15, 0.2) is 0 Å². The molecule has 3 aromatic heterocycles. The molecule has 1 aliphatic heterocycles. The molecule has 1 saturated heterocycles. The first-order valence-corrected chi connectivity index (χ1v) is 9.98. The van der Waals surface area contributed by atoms with Crippen molar-refractivity contribution in [3.8, 4) is 0 Å². The van der Waals surface area contributed by atoms with E-state index in [1.165, 1.54) is 0 Å². The quantitative estimate of drug-likeness (QED) is 0.659. The van der Waals surface area contributed by atoms with Crippen molar-refractivity contribution in [3.63, 3.8) is 0 Å². The minimum atomic E-state index is 0.00888. The van der Waals surface area contributed by atoms with Crippen LogP contribution in [0.2, 0.25) is 0 Å². The molecular weight excluding hydrogens is 378 g/mol. The van der Waals surface area contributed by atoms with Crippen LogP contribution in [0, 0.1) is 13.8 Å². The van der Waals surface area contributed by atoms with Crippen molar-refractivity contribution in [1.82, 2.24) is 29.6 Å². The van der Waals surface area contributed by atoms with E-state index < -0.39 is 0 Å². The van der Waals surface area contributed by atoms with Gasteiger partial charge in [-0.2, -0.15) is 5.10 Å². The first kappa shape index (κ1) is 19.8. The molecule has 0 aromatic carbocycles. The number of hydrogen-bond donors (Lipinski definition) is 1. The van der Waals surface area contributed by atoms with Crippen molar-refractivity contribution in [2.45, 2.75) is 26.2 Å². The lowest BCUT2D eigenvalue weighted by atomic mass is 10.0. The van der Waals surface area contributed by atoms with Crippen LogP contribution in [0.1, 0.15) is 35.0 Å². The van der Waals surface area contributed by atoms with E-state index in [0.29, 0.717) is 18.9 Å². The fourth-order valence-electron chi connectivity index (χ4n) is 3.60. The summed E-state index contributed by atoms with van der Waals surface area (Å²) >= 11 is 0. The Morgan fingerprint density at radius 3 is 2.93 bits per heavy atom. The molecular formula is C22H25N7O. The molecule has 4 rings (SSSR count). The highest BCUT2D eigenvalue weighted by Crippen LogP contribution is 2.28. The summed E-state index contributed by atoms with van der Waals surface area (Å²) < 4.78 is 1.71. The maximum absolute atomic E-state index is 12.6. The second-order valence-corrected chi connectivity index (χ2v) is 7.57. The summed E-state index contributed by atoms with van der Waals surface area (Å²) in [5.74, 6) is 2.40. The maximum Gasteiger partial charge on any atom is 0.246 e. The van der Waals surface area contributed by atoms with E-state index in [1.807, 2.05) is 50.2 Å². The number of anilines is 2. The monoisotopic (exact) mass is 403 g/mol. The average molecular weight is 403 g/mol. The van der Waals surface area contributed by atoms with Crippen LogP contribution in [-0.2, 0) is 11.8 Å². The summed E-state index contributed by atoms with van der Waals surface area (Å²) in [6.07, 6.45) is 9.65. The first-order chi connectivity index (χ1) is 14.5. The normalized spacial score (nSPS) is 16.4. The zero-order valence-electron chi connectivity index (χ0n) is 17.4. The molecule has 1 fully saturated rings. The van der Waals surface area contributed by atoms with Crippen LogP contribution in [-0.4, -0.2) is 48.6 Å². The van der Waals surface area contributed by atoms with Crippen molar-refractivity contribution >= 4 is 23.6 Å². The van der Waals surface area contributed by atoms with E-state index in [4.69, 9.17) is 0 Å². The molecule has 1 unspecified atom stereocenters. The minimum Gasteiger partial charge on any atom is -0.338 e. The highest BCUT2D eigenvalue weighted by Gasteiger charge is 2.27. The van der Waals surface area contributed by atoms with Crippen molar-refractivity contribution in [2.24, 2.45) is 7.05 Å². The van der Waals surface area contributed by atoms with Gasteiger partial charge in [0.05, 0.1) is 11.9 Å². The predicted molar refractivity (Wildman–Crippen MR) is 115 cm³/mol. The number of nitrogens with one attached hydrogen (secondary N) is 1. The lowest BCUT2D eigenvalue weighted by molar-refractivity contribution is -0.124. The van der Waals surface area contributed by atoms with E-state index in [-0.39, 0.29) is 11.8 Å². The van der Waals surface area contributed by atoms with Crippen LogP contribution < -0.4 is 5.32 Å². The molecule has 0 bridgehead atoms. The number of amides is 1. The van der Waals surface area contributed by atoms with E-state index in [1.54, 1.807) is 29.2 Å². The molecule has 0 radical (unpaired) electrons. The maximum atomic E-state index is 12.6. The van der Waals surface area contributed by atoms with Gasteiger partial charge in [0.1, 0.15) is 17.5 Å². The second-order valence-electron chi connectivity index (χ2n) is 7.57. The number of rotatable bonds is 5. The minimum absolute atomic E-state index is 0.00888. The number of aromatic nitrogens is 5. The molecule has 4 heterocycles. The van der Waals surface area contributed by atoms with E-state index in [2.05, 4.69) is 25.4 Å². The largest absolute Gasteiger partial charge is 0.338 e. The molecule has 154 valence electrons. The molecule has 1 aliphatic rings. The van der Waals surface area contributed by atoms with E-state index in [9.17, 15) is 4.79 Å². The van der Waals surface area contributed by atoms with Crippen LogP contribution in [0.25, 0.3) is 6.08 Å². The van der Waals surface area contributed by atoms with Crippen molar-refractivity contribution in [2.75, 3.05) is 18.4 Å². The number of hydrogen-bond acceptors (Lipinski definition) is 6.